The Bertz CT molecular complexity index is 8830. The minimum Gasteiger partial charge on any atom is -0.309 e. The molecule has 0 atom stereocenters. The molecule has 26 rings (SSSR count). The molecule has 0 aliphatic rings. The van der Waals surface area contributed by atoms with Crippen molar-refractivity contribution in [3.05, 3.63) is 413 Å². The summed E-state index contributed by atoms with van der Waals surface area (Å²) in [5.41, 5.74) is 21.7. The third-order valence-electron chi connectivity index (χ3n) is 24.7. The van der Waals surface area contributed by atoms with E-state index in [2.05, 4.69) is 416 Å². The van der Waals surface area contributed by atoms with E-state index in [9.17, 15) is 0 Å². The van der Waals surface area contributed by atoms with Gasteiger partial charge in [0.2, 0.25) is 0 Å². The van der Waals surface area contributed by atoms with Crippen LogP contribution in [0.3, 0.4) is 0 Å². The van der Waals surface area contributed by atoms with Gasteiger partial charge in [0, 0.05) is 138 Å². The van der Waals surface area contributed by atoms with Crippen molar-refractivity contribution in [3.8, 4) is 101 Å². The van der Waals surface area contributed by atoms with Crippen LogP contribution < -0.4 is 0 Å². The van der Waals surface area contributed by atoms with Crippen LogP contribution in [-0.2, 0) is 0 Å². The zero-order chi connectivity index (χ0) is 80.7. The lowest BCUT2D eigenvalue weighted by Gasteiger charge is -2.13. The summed E-state index contributed by atoms with van der Waals surface area (Å²) in [7, 11) is 0. The summed E-state index contributed by atoms with van der Waals surface area (Å²) in [5, 5.41) is 22.8. The van der Waals surface area contributed by atoms with E-state index in [0.29, 0.717) is 11.6 Å². The third kappa shape index (κ3) is 11.7. The Labute approximate surface area is 718 Å². The van der Waals surface area contributed by atoms with E-state index >= 15 is 0 Å². The first kappa shape index (κ1) is 70.6. The van der Waals surface area contributed by atoms with E-state index in [1.54, 1.807) is 0 Å². The Hall–Kier alpha value is -15.4. The summed E-state index contributed by atoms with van der Waals surface area (Å²) < 4.78 is 12.8. The maximum Gasteiger partial charge on any atom is 0.160 e. The number of benzene rings is 19. The Morgan fingerprint density at radius 1 is 0.187 bits per heavy atom. The molecule has 7 aromatic heterocycles. The van der Waals surface area contributed by atoms with Crippen LogP contribution in [0, 0.1) is 0 Å². The number of hydrogen-bond donors (Lipinski definition) is 0. The second-order valence-corrected chi connectivity index (χ2v) is 35.0. The van der Waals surface area contributed by atoms with Crippen LogP contribution in [0.5, 0.6) is 0 Å². The van der Waals surface area contributed by atoms with Crippen molar-refractivity contribution in [2.45, 2.75) is 0 Å². The molecule has 0 saturated heterocycles. The molecule has 0 saturated carbocycles. The number of hydrogen-bond acceptors (Lipinski definition) is 7. The second-order valence-electron chi connectivity index (χ2n) is 31.8. The summed E-state index contributed by atoms with van der Waals surface area (Å²) in [4.78, 5) is 21.0. The molecule has 0 aliphatic carbocycles. The van der Waals surface area contributed by atoms with Crippen molar-refractivity contribution in [1.82, 2.24) is 29.1 Å². The van der Waals surface area contributed by atoms with E-state index in [-0.39, 0.29) is 0 Å². The highest BCUT2D eigenvalue weighted by molar-refractivity contribution is 7.27. The first-order chi connectivity index (χ1) is 61.0. The van der Waals surface area contributed by atoms with Crippen molar-refractivity contribution in [3.63, 3.8) is 0 Å². The maximum atomic E-state index is 5.34. The number of aromatic nitrogens is 6. The molecular weight excluding hydrogens is 1550 g/mol. The molecule has 123 heavy (non-hydrogen) atoms. The maximum absolute atomic E-state index is 5.34. The van der Waals surface area contributed by atoms with Gasteiger partial charge in [0.25, 0.3) is 0 Å². The molecule has 9 heteroatoms. The van der Waals surface area contributed by atoms with Gasteiger partial charge in [-0.3, -0.25) is 0 Å². The van der Waals surface area contributed by atoms with Gasteiger partial charge in [0.1, 0.15) is 0 Å². The number of fused-ring (bicyclic) bond motifs is 25. The first-order valence-electron chi connectivity index (χ1n) is 41.6. The van der Waals surface area contributed by atoms with Gasteiger partial charge in [-0.05, 0) is 140 Å². The van der Waals surface area contributed by atoms with Gasteiger partial charge in [0.05, 0.1) is 44.8 Å². The van der Waals surface area contributed by atoms with Crippen LogP contribution >= 0.6 is 34.0 Å². The summed E-state index contributed by atoms with van der Waals surface area (Å²) >= 11 is 5.63. The summed E-state index contributed by atoms with van der Waals surface area (Å²) in [6, 6.07) is 149. The molecule has 6 nitrogen and oxygen atoms in total. The monoisotopic (exact) mass is 1620 g/mol. The summed E-state index contributed by atoms with van der Waals surface area (Å²) in [6.45, 7) is 0. The fraction of sp³-hybridized carbons (Fsp3) is 0. The number of rotatable bonds is 10. The lowest BCUT2D eigenvalue weighted by Crippen LogP contribution is -1.97. The molecule has 0 N–H and O–H groups in total. The highest BCUT2D eigenvalue weighted by Crippen LogP contribution is 2.52. The molecule has 0 bridgehead atoms. The molecule has 572 valence electrons. The Balaban J connectivity index is 0.000000136. The quantitative estimate of drug-likeness (QED) is 0.137. The number of thiophene rings is 3. The summed E-state index contributed by atoms with van der Waals surface area (Å²) in [6.07, 6.45) is 0. The average molecular weight is 1620 g/mol. The SMILES string of the molecule is c1ccc(-c2cc(-c3ccc4ccccc4c3)nc(-c3cccc(-c4cccc(-n5c6ccccc6c6c7ccccc7c7sc8ccccc8c7c65)c4)c3)n2)cc1.c1ccc(-c2ccc(-c3cc(-c4cccc5ccccc45)nc(-c4ccc5c(c4)sc4ccc(-n6c7ccccc7c7c8ccccc8c8sc9ccccc9c8c76)cc45)n3)cc2)cc1. The van der Waals surface area contributed by atoms with Crippen LogP contribution in [0.2, 0.25) is 0 Å². The second kappa shape index (κ2) is 28.7. The van der Waals surface area contributed by atoms with Crippen LogP contribution in [-0.4, -0.2) is 29.1 Å². The lowest BCUT2D eigenvalue weighted by atomic mass is 9.99. The van der Waals surface area contributed by atoms with Crippen molar-refractivity contribution >= 4 is 181 Å². The Morgan fingerprint density at radius 3 is 1.26 bits per heavy atom. The molecule has 19 aromatic carbocycles. The number of para-hydroxylation sites is 2. The zero-order valence-corrected chi connectivity index (χ0v) is 68.6. The number of nitrogens with zero attached hydrogens (tertiary/aromatic N) is 6. The highest BCUT2D eigenvalue weighted by atomic mass is 32.1. The van der Waals surface area contributed by atoms with Gasteiger partial charge in [-0.2, -0.15) is 0 Å². The molecule has 7 heterocycles. The van der Waals surface area contributed by atoms with E-state index in [1.165, 1.54) is 158 Å². The predicted molar refractivity (Wildman–Crippen MR) is 525 cm³/mol. The molecule has 0 radical (unpaired) electrons. The smallest absolute Gasteiger partial charge is 0.160 e. The van der Waals surface area contributed by atoms with E-state index < -0.39 is 0 Å². The average Bonchev–Trinajstić information content (AvgIpc) is 1.54. The van der Waals surface area contributed by atoms with Crippen LogP contribution in [0.4, 0.5) is 0 Å². The van der Waals surface area contributed by atoms with Gasteiger partial charge in [0.15, 0.2) is 11.6 Å². The van der Waals surface area contributed by atoms with Gasteiger partial charge < -0.3 is 9.13 Å². The van der Waals surface area contributed by atoms with Crippen LogP contribution in [0.1, 0.15) is 0 Å². The molecule has 0 fully saturated rings. The molecule has 26 aromatic rings. The summed E-state index contributed by atoms with van der Waals surface area (Å²) in [5.74, 6) is 1.41. The van der Waals surface area contributed by atoms with Gasteiger partial charge in [-0.15, -0.1) is 34.0 Å². The predicted octanol–water partition coefficient (Wildman–Crippen LogP) is 32.2. The Morgan fingerprint density at radius 2 is 0.610 bits per heavy atom. The zero-order valence-electron chi connectivity index (χ0n) is 66.2. The largest absolute Gasteiger partial charge is 0.309 e. The molecule has 0 aliphatic heterocycles. The fourth-order valence-electron chi connectivity index (χ4n) is 19.1. The molecule has 0 unspecified atom stereocenters. The van der Waals surface area contributed by atoms with Crippen LogP contribution in [0.15, 0.2) is 413 Å². The van der Waals surface area contributed by atoms with Gasteiger partial charge in [-0.25, -0.2) is 19.9 Å². The molecule has 0 spiro atoms. The van der Waals surface area contributed by atoms with Crippen LogP contribution in [0.25, 0.3) is 249 Å². The highest BCUT2D eigenvalue weighted by Gasteiger charge is 2.26. The Kier molecular flexibility index (Phi) is 16.5. The third-order valence-corrected chi connectivity index (χ3v) is 28.3. The minimum atomic E-state index is 0.698. The lowest BCUT2D eigenvalue weighted by molar-refractivity contribution is 1.18. The van der Waals surface area contributed by atoms with Crippen molar-refractivity contribution in [2.24, 2.45) is 0 Å². The first-order valence-corrected chi connectivity index (χ1v) is 44.1. The van der Waals surface area contributed by atoms with Crippen molar-refractivity contribution < 1.29 is 0 Å². The standard InChI is InChI=1S/C60H35N3S2.C54H33N3S/c1-2-13-36(14-3-1)37-25-27-39(28-26-37)50-35-51(43-22-12-16-38-15-4-5-17-42(38)43)62-60(61-50)40-29-31-44-49-34-41(30-32-54(49)64-55(44)33-40)63-52-23-10-8-20-47(52)56-45-18-6-7-19-46(45)59-57(58(56)63)48-21-9-11-24-53(48)65-59;1-2-15-35(16-3-1)46-33-47(39-29-28-34-14-4-5-17-36(34)30-39)56-54(55-46)40-20-12-18-37(31-40)38-19-13-21-41(32-38)57-48-26-10-8-24-44(48)50-42-22-6-7-23-43(42)53-51(52(50)57)45-25-9-11-27-49(45)58-53/h1-35H;1-33H. The van der Waals surface area contributed by atoms with Gasteiger partial charge >= 0.3 is 0 Å². The molecular formula is C114H68N6S3. The topological polar surface area (TPSA) is 61.4 Å². The van der Waals surface area contributed by atoms with E-state index in [4.69, 9.17) is 19.9 Å². The fourth-order valence-corrected chi connectivity index (χ4v) is 22.7. The van der Waals surface area contributed by atoms with Gasteiger partial charge in [-0.1, -0.05) is 328 Å². The minimum absolute atomic E-state index is 0.698. The van der Waals surface area contributed by atoms with E-state index in [0.717, 1.165) is 78.7 Å². The molecule has 0 amide bonds. The van der Waals surface area contributed by atoms with Crippen molar-refractivity contribution in [1.29, 1.82) is 0 Å². The van der Waals surface area contributed by atoms with Crippen molar-refractivity contribution in [2.75, 3.05) is 0 Å². The van der Waals surface area contributed by atoms with E-state index in [1.807, 2.05) is 40.1 Å². The normalized spacial score (nSPS) is 11.9.